The normalized spacial score (nSPS) is 23.3. The number of benzene rings is 1. The van der Waals surface area contributed by atoms with Gasteiger partial charge in [-0.1, -0.05) is 12.1 Å². The van der Waals surface area contributed by atoms with Crippen LogP contribution in [-0.2, 0) is 4.79 Å². The van der Waals surface area contributed by atoms with E-state index in [0.717, 1.165) is 19.4 Å². The molecular weight excluding hydrogens is 254 g/mol. The van der Waals surface area contributed by atoms with Crippen LogP contribution in [0.3, 0.4) is 0 Å². The Bertz CT molecular complexity index is 464. The van der Waals surface area contributed by atoms with E-state index in [9.17, 15) is 4.79 Å². The van der Waals surface area contributed by atoms with Crippen molar-refractivity contribution >= 4 is 11.6 Å². The number of nitrogen functional groups attached to an aromatic ring is 1. The van der Waals surface area contributed by atoms with Gasteiger partial charge >= 0.3 is 0 Å². The van der Waals surface area contributed by atoms with Crippen LogP contribution >= 0.6 is 0 Å². The van der Waals surface area contributed by atoms with Gasteiger partial charge in [-0.15, -0.1) is 0 Å². The second kappa shape index (κ2) is 6.61. The highest BCUT2D eigenvalue weighted by molar-refractivity contribution is 5.78. The summed E-state index contributed by atoms with van der Waals surface area (Å²) in [5.74, 6) is 0.467. The van der Waals surface area contributed by atoms with E-state index in [-0.39, 0.29) is 18.6 Å². The summed E-state index contributed by atoms with van der Waals surface area (Å²) in [5.41, 5.74) is 6.31. The van der Waals surface area contributed by atoms with Crippen molar-refractivity contribution in [3.8, 4) is 5.75 Å². The van der Waals surface area contributed by atoms with Crippen LogP contribution in [0.2, 0.25) is 0 Å². The van der Waals surface area contributed by atoms with Crippen LogP contribution in [-0.4, -0.2) is 43.1 Å². The molecule has 1 aromatic rings. The maximum Gasteiger partial charge on any atom is 0.258 e. The molecule has 1 heterocycles. The van der Waals surface area contributed by atoms with Crippen molar-refractivity contribution < 1.29 is 9.53 Å². The smallest absolute Gasteiger partial charge is 0.258 e. The SMILES string of the molecule is CC1CC(NC(=O)COc2ccccc2N)CCN1C. The second-order valence-electron chi connectivity index (χ2n) is 5.44. The number of anilines is 1. The van der Waals surface area contributed by atoms with Crippen LogP contribution in [0.5, 0.6) is 5.75 Å². The van der Waals surface area contributed by atoms with Gasteiger partial charge < -0.3 is 20.7 Å². The summed E-state index contributed by atoms with van der Waals surface area (Å²) in [6.45, 7) is 3.20. The molecule has 1 aromatic carbocycles. The molecule has 3 N–H and O–H groups in total. The van der Waals surface area contributed by atoms with Crippen LogP contribution < -0.4 is 15.8 Å². The number of nitrogens with zero attached hydrogens (tertiary/aromatic N) is 1. The van der Waals surface area contributed by atoms with Crippen molar-refractivity contribution in [2.75, 3.05) is 25.9 Å². The molecule has 2 unspecified atom stereocenters. The van der Waals surface area contributed by atoms with Gasteiger partial charge in [0.05, 0.1) is 5.69 Å². The van der Waals surface area contributed by atoms with Crippen molar-refractivity contribution in [1.82, 2.24) is 10.2 Å². The number of para-hydroxylation sites is 2. The number of nitrogens with two attached hydrogens (primary N) is 1. The number of nitrogens with one attached hydrogen (secondary N) is 1. The molecule has 0 radical (unpaired) electrons. The summed E-state index contributed by atoms with van der Waals surface area (Å²) in [7, 11) is 2.12. The lowest BCUT2D eigenvalue weighted by atomic mass is 9.99. The Hall–Kier alpha value is -1.75. The third-order valence-electron chi connectivity index (χ3n) is 3.85. The fraction of sp³-hybridized carbons (Fsp3) is 0.533. The highest BCUT2D eigenvalue weighted by Crippen LogP contribution is 2.19. The molecule has 2 rings (SSSR count). The standard InChI is InChI=1S/C15H23N3O2/c1-11-9-12(7-8-18(11)2)17-15(19)10-20-14-6-4-3-5-13(14)16/h3-6,11-12H,7-10,16H2,1-2H3,(H,17,19). The lowest BCUT2D eigenvalue weighted by Gasteiger charge is -2.35. The molecule has 1 amide bonds. The molecule has 20 heavy (non-hydrogen) atoms. The number of likely N-dealkylation sites (tertiary alicyclic amines) is 1. The zero-order valence-electron chi connectivity index (χ0n) is 12.1. The maximum absolute atomic E-state index is 11.9. The average molecular weight is 277 g/mol. The first-order valence-corrected chi connectivity index (χ1v) is 7.03. The predicted molar refractivity (Wildman–Crippen MR) is 79.6 cm³/mol. The lowest BCUT2D eigenvalue weighted by Crippen LogP contribution is -2.48. The van der Waals surface area contributed by atoms with E-state index in [2.05, 4.69) is 24.2 Å². The summed E-state index contributed by atoms with van der Waals surface area (Å²) in [6, 6.07) is 7.93. The van der Waals surface area contributed by atoms with Crippen LogP contribution in [0.1, 0.15) is 19.8 Å². The third kappa shape index (κ3) is 3.87. The first-order chi connectivity index (χ1) is 9.56. The number of carbonyl (C=O) groups is 1. The van der Waals surface area contributed by atoms with Gasteiger partial charge in [0.2, 0.25) is 0 Å². The Balaban J connectivity index is 1.77. The topological polar surface area (TPSA) is 67.6 Å². The van der Waals surface area contributed by atoms with Gasteiger partial charge in [-0.2, -0.15) is 0 Å². The molecule has 0 aliphatic carbocycles. The highest BCUT2D eigenvalue weighted by atomic mass is 16.5. The van der Waals surface area contributed by atoms with Crippen molar-refractivity contribution in [2.45, 2.75) is 31.8 Å². The molecule has 5 nitrogen and oxygen atoms in total. The van der Waals surface area contributed by atoms with E-state index in [4.69, 9.17) is 10.5 Å². The zero-order chi connectivity index (χ0) is 14.5. The summed E-state index contributed by atoms with van der Waals surface area (Å²) < 4.78 is 5.44. The van der Waals surface area contributed by atoms with Crippen molar-refractivity contribution in [3.63, 3.8) is 0 Å². The highest BCUT2D eigenvalue weighted by Gasteiger charge is 2.23. The second-order valence-corrected chi connectivity index (χ2v) is 5.44. The number of piperidine rings is 1. The fourth-order valence-corrected chi connectivity index (χ4v) is 2.45. The van der Waals surface area contributed by atoms with Crippen LogP contribution in [0.15, 0.2) is 24.3 Å². The van der Waals surface area contributed by atoms with Crippen LogP contribution in [0.4, 0.5) is 5.69 Å². The molecule has 0 aromatic heterocycles. The largest absolute Gasteiger partial charge is 0.482 e. The predicted octanol–water partition coefficient (Wildman–Crippen LogP) is 1.25. The molecule has 1 saturated heterocycles. The molecule has 0 spiro atoms. The molecule has 1 aliphatic rings. The molecule has 1 fully saturated rings. The van der Waals surface area contributed by atoms with Gasteiger partial charge in [-0.25, -0.2) is 0 Å². The zero-order valence-corrected chi connectivity index (χ0v) is 12.1. The number of hydrogen-bond donors (Lipinski definition) is 2. The Kier molecular flexibility index (Phi) is 4.84. The summed E-state index contributed by atoms with van der Waals surface area (Å²) in [5, 5.41) is 3.03. The third-order valence-corrected chi connectivity index (χ3v) is 3.85. The fourth-order valence-electron chi connectivity index (χ4n) is 2.45. The number of amides is 1. The molecular formula is C15H23N3O2. The van der Waals surface area contributed by atoms with Crippen LogP contribution in [0.25, 0.3) is 0 Å². The molecule has 1 aliphatic heterocycles. The van der Waals surface area contributed by atoms with Gasteiger partial charge in [0.15, 0.2) is 6.61 Å². The van der Waals surface area contributed by atoms with Gasteiger partial charge in [0, 0.05) is 18.6 Å². The molecule has 5 heteroatoms. The summed E-state index contributed by atoms with van der Waals surface area (Å²) in [6.07, 6.45) is 1.97. The van der Waals surface area contributed by atoms with E-state index in [0.29, 0.717) is 17.5 Å². The average Bonchev–Trinajstić information content (AvgIpc) is 2.42. The van der Waals surface area contributed by atoms with E-state index < -0.39 is 0 Å². The van der Waals surface area contributed by atoms with E-state index in [1.165, 1.54) is 0 Å². The molecule has 0 saturated carbocycles. The number of ether oxygens (including phenoxy) is 1. The van der Waals surface area contributed by atoms with Crippen molar-refractivity contribution in [3.05, 3.63) is 24.3 Å². The van der Waals surface area contributed by atoms with Gasteiger partial charge in [-0.05, 0) is 38.9 Å². The number of hydrogen-bond acceptors (Lipinski definition) is 4. The Labute approximate surface area is 120 Å². The minimum absolute atomic E-state index is 0.00886. The molecule has 110 valence electrons. The first kappa shape index (κ1) is 14.7. The first-order valence-electron chi connectivity index (χ1n) is 7.03. The van der Waals surface area contributed by atoms with Crippen LogP contribution in [0, 0.1) is 0 Å². The van der Waals surface area contributed by atoms with Crippen molar-refractivity contribution in [1.29, 1.82) is 0 Å². The Morgan fingerprint density at radius 2 is 2.25 bits per heavy atom. The Morgan fingerprint density at radius 1 is 1.50 bits per heavy atom. The van der Waals surface area contributed by atoms with E-state index in [1.54, 1.807) is 12.1 Å². The maximum atomic E-state index is 11.9. The van der Waals surface area contributed by atoms with E-state index in [1.807, 2.05) is 12.1 Å². The minimum atomic E-state index is -0.0880. The summed E-state index contributed by atoms with van der Waals surface area (Å²) in [4.78, 5) is 14.2. The monoisotopic (exact) mass is 277 g/mol. The quantitative estimate of drug-likeness (QED) is 0.813. The van der Waals surface area contributed by atoms with E-state index >= 15 is 0 Å². The van der Waals surface area contributed by atoms with Gasteiger partial charge in [-0.3, -0.25) is 4.79 Å². The molecule has 2 atom stereocenters. The van der Waals surface area contributed by atoms with Gasteiger partial charge in [0.1, 0.15) is 5.75 Å². The van der Waals surface area contributed by atoms with Gasteiger partial charge in [0.25, 0.3) is 5.91 Å². The summed E-state index contributed by atoms with van der Waals surface area (Å²) >= 11 is 0. The Morgan fingerprint density at radius 3 is 2.95 bits per heavy atom. The minimum Gasteiger partial charge on any atom is -0.482 e. The number of carbonyl (C=O) groups excluding carboxylic acids is 1. The molecule has 0 bridgehead atoms. The van der Waals surface area contributed by atoms with Crippen molar-refractivity contribution in [2.24, 2.45) is 0 Å². The lowest BCUT2D eigenvalue weighted by molar-refractivity contribution is -0.124. The number of rotatable bonds is 4.